The molecular formula is C20H42Si. The van der Waals surface area contributed by atoms with Crippen molar-refractivity contribution in [1.29, 1.82) is 0 Å². The largest absolute Gasteiger partial charge is 0.102 e. The van der Waals surface area contributed by atoms with Crippen LogP contribution in [-0.2, 0) is 0 Å². The van der Waals surface area contributed by atoms with Crippen LogP contribution >= 0.6 is 0 Å². The van der Waals surface area contributed by atoms with Crippen LogP contribution in [0.15, 0.2) is 11.8 Å². The van der Waals surface area contributed by atoms with Gasteiger partial charge in [-0.15, -0.1) is 5.70 Å². The molecule has 0 saturated carbocycles. The molecule has 0 nitrogen and oxygen atoms in total. The normalized spacial score (nSPS) is 13.1. The molecule has 0 aromatic heterocycles. The minimum Gasteiger partial charge on any atom is -0.102 e. The fourth-order valence-corrected chi connectivity index (χ4v) is 5.85. The van der Waals surface area contributed by atoms with E-state index in [-0.39, 0.29) is 0 Å². The Morgan fingerprint density at radius 1 is 0.571 bits per heavy atom. The lowest BCUT2D eigenvalue weighted by Gasteiger charge is -2.10. The van der Waals surface area contributed by atoms with Gasteiger partial charge < -0.3 is 0 Å². The van der Waals surface area contributed by atoms with Gasteiger partial charge in [0.25, 0.3) is 0 Å². The van der Waals surface area contributed by atoms with Gasteiger partial charge in [0.1, 0.15) is 0 Å². The van der Waals surface area contributed by atoms with Gasteiger partial charge in [-0.25, -0.2) is 0 Å². The fourth-order valence-electron chi connectivity index (χ4n) is 3.05. The third-order valence-corrected chi connectivity index (χ3v) is 7.76. The molecule has 0 radical (unpaired) electrons. The van der Waals surface area contributed by atoms with Crippen LogP contribution in [0.3, 0.4) is 0 Å². The zero-order valence-electron chi connectivity index (χ0n) is 15.3. The molecule has 0 amide bonds. The molecule has 1 unspecified atom stereocenters. The predicted molar refractivity (Wildman–Crippen MR) is 103 cm³/mol. The van der Waals surface area contributed by atoms with Crippen LogP contribution in [0.4, 0.5) is 0 Å². The van der Waals surface area contributed by atoms with Crippen LogP contribution in [0.5, 0.6) is 0 Å². The molecule has 0 aliphatic carbocycles. The van der Waals surface area contributed by atoms with E-state index >= 15 is 0 Å². The Labute approximate surface area is 137 Å². The van der Waals surface area contributed by atoms with E-state index in [0.717, 1.165) is 0 Å². The van der Waals surface area contributed by atoms with E-state index in [1.165, 1.54) is 89.5 Å². The van der Waals surface area contributed by atoms with Crippen LogP contribution in [0.2, 0.25) is 12.1 Å². The summed E-state index contributed by atoms with van der Waals surface area (Å²) in [6, 6.07) is 3.09. The molecule has 0 N–H and O–H groups in total. The van der Waals surface area contributed by atoms with Crippen molar-refractivity contribution in [3.05, 3.63) is 11.8 Å². The summed E-state index contributed by atoms with van der Waals surface area (Å²) in [6.45, 7) is 6.95. The van der Waals surface area contributed by atoms with E-state index in [2.05, 4.69) is 32.5 Å². The molecular weight excluding hydrogens is 268 g/mol. The first kappa shape index (κ1) is 21.0. The number of allylic oxidation sites excluding steroid dienone is 1. The van der Waals surface area contributed by atoms with Gasteiger partial charge in [0.05, 0.1) is 8.80 Å². The Kier molecular flexibility index (Phi) is 18.0. The van der Waals surface area contributed by atoms with Gasteiger partial charge in [-0.2, -0.15) is 0 Å². The zero-order chi connectivity index (χ0) is 15.6. The van der Waals surface area contributed by atoms with Crippen LogP contribution < -0.4 is 0 Å². The highest BCUT2D eigenvalue weighted by Gasteiger charge is 2.05. The van der Waals surface area contributed by atoms with Crippen molar-refractivity contribution < 1.29 is 0 Å². The van der Waals surface area contributed by atoms with Gasteiger partial charge >= 0.3 is 0 Å². The topological polar surface area (TPSA) is 0 Å². The maximum Gasteiger partial charge on any atom is 0.0610 e. The highest BCUT2D eigenvalue weighted by atomic mass is 28.3. The molecule has 0 rings (SSSR count). The van der Waals surface area contributed by atoms with Crippen molar-refractivity contribution in [2.75, 3.05) is 0 Å². The number of rotatable bonds is 16. The third kappa shape index (κ3) is 16.2. The molecule has 0 saturated heterocycles. The van der Waals surface area contributed by atoms with E-state index in [1.807, 2.05) is 0 Å². The Hall–Kier alpha value is -0.0431. The van der Waals surface area contributed by atoms with Crippen LogP contribution in [0.25, 0.3) is 0 Å². The van der Waals surface area contributed by atoms with Crippen molar-refractivity contribution in [1.82, 2.24) is 0 Å². The molecule has 0 aliphatic rings. The summed E-state index contributed by atoms with van der Waals surface area (Å²) >= 11 is 0. The second-order valence-corrected chi connectivity index (χ2v) is 9.80. The van der Waals surface area contributed by atoms with E-state index in [9.17, 15) is 0 Å². The van der Waals surface area contributed by atoms with E-state index < -0.39 is 8.80 Å². The summed E-state index contributed by atoms with van der Waals surface area (Å²) in [5.74, 6) is 0. The second kappa shape index (κ2) is 18.0. The molecule has 0 spiro atoms. The summed E-state index contributed by atoms with van der Waals surface area (Å²) in [4.78, 5) is 0. The molecule has 126 valence electrons. The lowest BCUT2D eigenvalue weighted by Crippen LogP contribution is -2.08. The Balaban J connectivity index is 3.55. The highest BCUT2D eigenvalue weighted by Crippen LogP contribution is 2.14. The number of hydrogen-bond donors (Lipinski definition) is 0. The van der Waals surface area contributed by atoms with Crippen molar-refractivity contribution in [2.24, 2.45) is 0 Å². The molecule has 0 aliphatic heterocycles. The quantitative estimate of drug-likeness (QED) is 0.205. The smallest absolute Gasteiger partial charge is 0.0610 e. The van der Waals surface area contributed by atoms with Crippen molar-refractivity contribution in [3.8, 4) is 0 Å². The lowest BCUT2D eigenvalue weighted by molar-refractivity contribution is 0.584. The molecule has 1 heteroatoms. The third-order valence-electron chi connectivity index (χ3n) is 4.47. The van der Waals surface area contributed by atoms with Gasteiger partial charge in [-0.05, 0) is 12.8 Å². The summed E-state index contributed by atoms with van der Waals surface area (Å²) in [5, 5.41) is 0. The van der Waals surface area contributed by atoms with Crippen molar-refractivity contribution >= 4 is 8.80 Å². The van der Waals surface area contributed by atoms with Crippen molar-refractivity contribution in [3.63, 3.8) is 0 Å². The van der Waals surface area contributed by atoms with E-state index in [1.54, 1.807) is 6.04 Å². The minimum atomic E-state index is -0.536. The molecule has 0 heterocycles. The predicted octanol–water partition coefficient (Wildman–Crippen LogP) is 7.44. The average molecular weight is 311 g/mol. The monoisotopic (exact) mass is 310 g/mol. The summed E-state index contributed by atoms with van der Waals surface area (Å²) in [5.41, 5.74) is 2.67. The Bertz CT molecular complexity index is 210. The van der Waals surface area contributed by atoms with Crippen LogP contribution in [0, 0.1) is 0 Å². The maximum atomic E-state index is 2.67. The molecule has 0 aromatic carbocycles. The highest BCUT2D eigenvalue weighted by molar-refractivity contribution is 6.64. The number of hydrogen-bond acceptors (Lipinski definition) is 0. The maximum absolute atomic E-state index is 2.67. The minimum absolute atomic E-state index is 0.536. The average Bonchev–Trinajstić information content (AvgIpc) is 2.49. The molecule has 0 aromatic rings. The van der Waals surface area contributed by atoms with Gasteiger partial charge in [0, 0.05) is 0 Å². The Morgan fingerprint density at radius 2 is 1.14 bits per heavy atom. The van der Waals surface area contributed by atoms with Gasteiger partial charge in [-0.1, -0.05) is 110 Å². The molecule has 21 heavy (non-hydrogen) atoms. The Morgan fingerprint density at radius 3 is 1.76 bits per heavy atom. The van der Waals surface area contributed by atoms with E-state index in [4.69, 9.17) is 0 Å². The first-order valence-electron chi connectivity index (χ1n) is 10.0. The standard InChI is InChI=1S/C20H42Si/c1-4-7-9-11-12-13-15-17-20-21(18-6-3)19-16-14-10-8-5-2/h16,19,21H,4-15,17-18,20H2,1-3H3. The summed E-state index contributed by atoms with van der Waals surface area (Å²) in [7, 11) is -0.536. The summed E-state index contributed by atoms with van der Waals surface area (Å²) in [6.07, 6.45) is 21.1. The fraction of sp³-hybridized carbons (Fsp3) is 0.900. The molecule has 1 atom stereocenters. The van der Waals surface area contributed by atoms with Gasteiger partial charge in [0.2, 0.25) is 0 Å². The van der Waals surface area contributed by atoms with Gasteiger partial charge in [0.15, 0.2) is 0 Å². The van der Waals surface area contributed by atoms with Gasteiger partial charge in [-0.3, -0.25) is 0 Å². The summed E-state index contributed by atoms with van der Waals surface area (Å²) < 4.78 is 0. The SMILES string of the molecule is CCCCCC=C[SiH](CCC)CCCCCCCCCC. The van der Waals surface area contributed by atoms with Crippen LogP contribution in [0.1, 0.15) is 104 Å². The first-order chi connectivity index (χ1) is 10.3. The van der Waals surface area contributed by atoms with Crippen molar-refractivity contribution in [2.45, 2.75) is 116 Å². The van der Waals surface area contributed by atoms with E-state index in [0.29, 0.717) is 0 Å². The first-order valence-corrected chi connectivity index (χ1v) is 12.3. The number of unbranched alkanes of at least 4 members (excludes halogenated alkanes) is 10. The molecule has 0 fully saturated rings. The second-order valence-electron chi connectivity index (χ2n) is 6.74. The molecule has 0 bridgehead atoms. The lowest BCUT2D eigenvalue weighted by atomic mass is 10.1. The van der Waals surface area contributed by atoms with Crippen LogP contribution in [-0.4, -0.2) is 8.80 Å². The zero-order valence-corrected chi connectivity index (χ0v) is 16.5.